The molecule has 2 fully saturated rings. The van der Waals surface area contributed by atoms with Crippen molar-refractivity contribution in [3.05, 3.63) is 0 Å². The highest BCUT2D eigenvalue weighted by Crippen LogP contribution is 2.37. The van der Waals surface area contributed by atoms with Crippen molar-refractivity contribution in [3.8, 4) is 0 Å². The summed E-state index contributed by atoms with van der Waals surface area (Å²) in [6.07, 6.45) is 0.136. The number of alkyl halides is 3. The molecule has 0 aromatic heterocycles. The molecule has 1 saturated carbocycles. The van der Waals surface area contributed by atoms with Crippen LogP contribution in [0.1, 0.15) is 45.4 Å². The minimum atomic E-state index is -4.07. The standard InChI is InChI=1S/C16H28F3N3S.HI/c1-2-20-15(21-11-12-6-8-23-9-7-12)22-14-5-3-4-13(10-14)16(17,18)19;/h12-14H,2-11H2,1H3,(H2,20,21,22);1H. The van der Waals surface area contributed by atoms with Crippen molar-refractivity contribution >= 4 is 41.7 Å². The number of thioether (sulfide) groups is 1. The lowest BCUT2D eigenvalue weighted by molar-refractivity contribution is -0.183. The molecule has 2 atom stereocenters. The normalized spacial score (nSPS) is 26.6. The maximum Gasteiger partial charge on any atom is 0.391 e. The van der Waals surface area contributed by atoms with E-state index in [0.717, 1.165) is 19.5 Å². The maximum absolute atomic E-state index is 12.9. The average Bonchev–Trinajstić information content (AvgIpc) is 2.53. The molecule has 0 spiro atoms. The van der Waals surface area contributed by atoms with Gasteiger partial charge >= 0.3 is 6.18 Å². The third kappa shape index (κ3) is 7.58. The van der Waals surface area contributed by atoms with Gasteiger partial charge in [0, 0.05) is 19.1 Å². The number of guanidine groups is 1. The van der Waals surface area contributed by atoms with E-state index in [1.807, 2.05) is 18.7 Å². The van der Waals surface area contributed by atoms with Crippen LogP contribution in [-0.2, 0) is 0 Å². The first kappa shape index (κ1) is 22.2. The summed E-state index contributed by atoms with van der Waals surface area (Å²) in [7, 11) is 0. The molecule has 1 heterocycles. The Morgan fingerprint density at radius 3 is 2.50 bits per heavy atom. The first-order valence-electron chi connectivity index (χ1n) is 8.68. The molecular weight excluding hydrogens is 450 g/mol. The molecule has 142 valence electrons. The van der Waals surface area contributed by atoms with Crippen LogP contribution in [0.15, 0.2) is 4.99 Å². The van der Waals surface area contributed by atoms with Crippen molar-refractivity contribution in [3.63, 3.8) is 0 Å². The largest absolute Gasteiger partial charge is 0.391 e. The molecule has 3 nitrogen and oxygen atoms in total. The van der Waals surface area contributed by atoms with Gasteiger partial charge in [-0.05, 0) is 56.5 Å². The van der Waals surface area contributed by atoms with E-state index in [0.29, 0.717) is 18.3 Å². The molecule has 0 amide bonds. The number of rotatable bonds is 4. The second-order valence-corrected chi connectivity index (χ2v) is 7.75. The minimum Gasteiger partial charge on any atom is -0.357 e. The van der Waals surface area contributed by atoms with Crippen LogP contribution in [0.4, 0.5) is 13.2 Å². The Hall–Kier alpha value is 0.140. The predicted octanol–water partition coefficient (Wildman–Crippen LogP) is 4.42. The quantitative estimate of drug-likeness (QED) is 0.356. The summed E-state index contributed by atoms with van der Waals surface area (Å²) in [4.78, 5) is 4.62. The van der Waals surface area contributed by atoms with Gasteiger partial charge in [-0.15, -0.1) is 24.0 Å². The van der Waals surface area contributed by atoms with Crippen LogP contribution in [0, 0.1) is 11.8 Å². The predicted molar refractivity (Wildman–Crippen MR) is 106 cm³/mol. The first-order chi connectivity index (χ1) is 11.0. The van der Waals surface area contributed by atoms with E-state index in [4.69, 9.17) is 0 Å². The summed E-state index contributed by atoms with van der Waals surface area (Å²) in [6.45, 7) is 3.47. The molecule has 0 bridgehead atoms. The van der Waals surface area contributed by atoms with Gasteiger partial charge in [-0.25, -0.2) is 0 Å². The zero-order valence-electron chi connectivity index (χ0n) is 14.2. The molecule has 1 saturated heterocycles. The summed E-state index contributed by atoms with van der Waals surface area (Å²) in [5.41, 5.74) is 0. The highest BCUT2D eigenvalue weighted by molar-refractivity contribution is 14.0. The van der Waals surface area contributed by atoms with Crippen LogP contribution in [0.25, 0.3) is 0 Å². The molecule has 24 heavy (non-hydrogen) atoms. The van der Waals surface area contributed by atoms with Crippen molar-refractivity contribution in [2.45, 2.75) is 57.7 Å². The van der Waals surface area contributed by atoms with E-state index in [2.05, 4.69) is 15.6 Å². The van der Waals surface area contributed by atoms with Gasteiger partial charge in [-0.1, -0.05) is 6.42 Å². The highest BCUT2D eigenvalue weighted by Gasteiger charge is 2.42. The Balaban J connectivity index is 0.00000288. The van der Waals surface area contributed by atoms with E-state index < -0.39 is 12.1 Å². The van der Waals surface area contributed by atoms with Gasteiger partial charge in [0.05, 0.1) is 5.92 Å². The zero-order valence-corrected chi connectivity index (χ0v) is 17.3. The fraction of sp³-hybridized carbons (Fsp3) is 0.938. The molecule has 2 rings (SSSR count). The summed E-state index contributed by atoms with van der Waals surface area (Å²) in [6, 6.07) is -0.130. The number of halogens is 4. The summed E-state index contributed by atoms with van der Waals surface area (Å²) in [5, 5.41) is 6.41. The van der Waals surface area contributed by atoms with Crippen LogP contribution >= 0.6 is 35.7 Å². The Labute approximate surface area is 164 Å². The van der Waals surface area contributed by atoms with Crippen molar-refractivity contribution in [2.24, 2.45) is 16.8 Å². The van der Waals surface area contributed by atoms with E-state index in [1.54, 1.807) is 0 Å². The van der Waals surface area contributed by atoms with Gasteiger partial charge in [0.25, 0.3) is 0 Å². The number of hydrogen-bond acceptors (Lipinski definition) is 2. The molecular formula is C16H29F3IN3S. The Kier molecular flexibility index (Phi) is 10.1. The highest BCUT2D eigenvalue weighted by atomic mass is 127. The average molecular weight is 479 g/mol. The van der Waals surface area contributed by atoms with Crippen molar-refractivity contribution in [2.75, 3.05) is 24.6 Å². The van der Waals surface area contributed by atoms with Crippen molar-refractivity contribution in [1.82, 2.24) is 10.6 Å². The zero-order chi connectivity index (χ0) is 16.7. The van der Waals surface area contributed by atoms with Crippen molar-refractivity contribution in [1.29, 1.82) is 0 Å². The fourth-order valence-corrected chi connectivity index (χ4v) is 4.49. The molecule has 0 aromatic carbocycles. The number of aliphatic imine (C=N–C) groups is 1. The van der Waals surface area contributed by atoms with Crippen molar-refractivity contribution < 1.29 is 13.2 Å². The Morgan fingerprint density at radius 1 is 1.17 bits per heavy atom. The summed E-state index contributed by atoms with van der Waals surface area (Å²) < 4.78 is 38.7. The molecule has 2 aliphatic rings. The van der Waals surface area contributed by atoms with E-state index in [9.17, 15) is 13.2 Å². The summed E-state index contributed by atoms with van der Waals surface area (Å²) >= 11 is 1.99. The van der Waals surface area contributed by atoms with Gasteiger partial charge in [0.15, 0.2) is 5.96 Å². The third-order valence-corrected chi connectivity index (χ3v) is 5.72. The minimum absolute atomic E-state index is 0. The van der Waals surface area contributed by atoms with Gasteiger partial charge < -0.3 is 10.6 Å². The smallest absolute Gasteiger partial charge is 0.357 e. The number of nitrogens with one attached hydrogen (secondary N) is 2. The molecule has 2 N–H and O–H groups in total. The lowest BCUT2D eigenvalue weighted by Crippen LogP contribution is -2.47. The molecule has 1 aliphatic carbocycles. The molecule has 8 heteroatoms. The topological polar surface area (TPSA) is 36.4 Å². The SMILES string of the molecule is CCNC(=NCC1CCSCC1)NC1CCCC(C(F)(F)F)C1.I. The van der Waals surface area contributed by atoms with Gasteiger partial charge in [-0.3, -0.25) is 4.99 Å². The Bertz CT molecular complexity index is 387. The van der Waals surface area contributed by atoms with E-state index in [1.165, 1.54) is 24.3 Å². The lowest BCUT2D eigenvalue weighted by Gasteiger charge is -2.32. The maximum atomic E-state index is 12.9. The summed E-state index contributed by atoms with van der Waals surface area (Å²) in [5.74, 6) is 2.51. The fourth-order valence-electron chi connectivity index (χ4n) is 3.28. The van der Waals surface area contributed by atoms with Crippen LogP contribution in [0.5, 0.6) is 0 Å². The molecule has 0 radical (unpaired) electrons. The second-order valence-electron chi connectivity index (χ2n) is 6.52. The second kappa shape index (κ2) is 11.0. The number of nitrogens with zero attached hydrogens (tertiary/aromatic N) is 1. The van der Waals surface area contributed by atoms with Gasteiger partial charge in [-0.2, -0.15) is 24.9 Å². The monoisotopic (exact) mass is 479 g/mol. The molecule has 1 aliphatic heterocycles. The van der Waals surface area contributed by atoms with Gasteiger partial charge in [0.1, 0.15) is 0 Å². The van der Waals surface area contributed by atoms with Crippen LogP contribution in [0.3, 0.4) is 0 Å². The molecule has 2 unspecified atom stereocenters. The molecule has 0 aromatic rings. The lowest BCUT2D eigenvalue weighted by atomic mass is 9.85. The Morgan fingerprint density at radius 2 is 1.88 bits per heavy atom. The first-order valence-corrected chi connectivity index (χ1v) is 9.83. The van der Waals surface area contributed by atoms with Crippen LogP contribution in [-0.4, -0.2) is 42.8 Å². The van der Waals surface area contributed by atoms with E-state index in [-0.39, 0.29) is 42.9 Å². The van der Waals surface area contributed by atoms with Crippen LogP contribution < -0.4 is 10.6 Å². The van der Waals surface area contributed by atoms with Crippen LogP contribution in [0.2, 0.25) is 0 Å². The number of hydrogen-bond donors (Lipinski definition) is 2. The van der Waals surface area contributed by atoms with Gasteiger partial charge in [0.2, 0.25) is 0 Å². The van der Waals surface area contributed by atoms with E-state index >= 15 is 0 Å². The third-order valence-electron chi connectivity index (χ3n) is 4.67.